The molecular weight excluding hydrogens is 275 g/mol. The highest BCUT2D eigenvalue weighted by molar-refractivity contribution is 5.66. The Kier molecular flexibility index (Phi) is 4.37. The molecule has 0 heterocycles. The van der Waals surface area contributed by atoms with Crippen molar-refractivity contribution in [3.63, 3.8) is 0 Å². The van der Waals surface area contributed by atoms with E-state index in [-0.39, 0.29) is 18.1 Å². The van der Waals surface area contributed by atoms with Gasteiger partial charge in [-0.1, -0.05) is 12.1 Å². The SMILES string of the molecule is CNc1c(COc2ccc(F)cc2C)cccc1[N+](=O)[O-]. The van der Waals surface area contributed by atoms with Crippen LogP contribution < -0.4 is 10.1 Å². The molecule has 0 unspecified atom stereocenters. The Labute approximate surface area is 121 Å². The number of hydrogen-bond acceptors (Lipinski definition) is 4. The molecule has 2 aromatic rings. The number of para-hydroxylation sites is 1. The van der Waals surface area contributed by atoms with Crippen molar-refractivity contribution < 1.29 is 14.1 Å². The van der Waals surface area contributed by atoms with Gasteiger partial charge in [0.15, 0.2) is 0 Å². The normalized spacial score (nSPS) is 10.2. The third kappa shape index (κ3) is 3.28. The summed E-state index contributed by atoms with van der Waals surface area (Å²) in [4.78, 5) is 10.5. The van der Waals surface area contributed by atoms with Gasteiger partial charge >= 0.3 is 0 Å². The van der Waals surface area contributed by atoms with E-state index in [1.54, 1.807) is 32.2 Å². The van der Waals surface area contributed by atoms with Crippen LogP contribution >= 0.6 is 0 Å². The molecule has 0 saturated heterocycles. The molecule has 0 atom stereocenters. The van der Waals surface area contributed by atoms with E-state index >= 15 is 0 Å². The van der Waals surface area contributed by atoms with Crippen LogP contribution in [0.25, 0.3) is 0 Å². The summed E-state index contributed by atoms with van der Waals surface area (Å²) in [5.74, 6) is 0.219. The fourth-order valence-electron chi connectivity index (χ4n) is 2.08. The quantitative estimate of drug-likeness (QED) is 0.674. The van der Waals surface area contributed by atoms with Gasteiger partial charge in [0, 0.05) is 18.7 Å². The zero-order valence-corrected chi connectivity index (χ0v) is 11.7. The molecule has 2 aromatic carbocycles. The molecule has 0 fully saturated rings. The van der Waals surface area contributed by atoms with Gasteiger partial charge in [0.1, 0.15) is 23.9 Å². The van der Waals surface area contributed by atoms with Crippen LogP contribution in [0.2, 0.25) is 0 Å². The highest BCUT2D eigenvalue weighted by Gasteiger charge is 2.16. The fraction of sp³-hybridized carbons (Fsp3) is 0.200. The molecule has 5 nitrogen and oxygen atoms in total. The average molecular weight is 290 g/mol. The number of halogens is 1. The van der Waals surface area contributed by atoms with Crippen LogP contribution in [-0.4, -0.2) is 12.0 Å². The van der Waals surface area contributed by atoms with Gasteiger partial charge in [-0.25, -0.2) is 4.39 Å². The van der Waals surface area contributed by atoms with Crippen LogP contribution in [0.5, 0.6) is 5.75 Å². The molecule has 0 aliphatic rings. The average Bonchev–Trinajstić information content (AvgIpc) is 2.45. The topological polar surface area (TPSA) is 64.4 Å². The summed E-state index contributed by atoms with van der Waals surface area (Å²) in [5.41, 5.74) is 1.75. The van der Waals surface area contributed by atoms with Gasteiger partial charge < -0.3 is 10.1 Å². The lowest BCUT2D eigenvalue weighted by molar-refractivity contribution is -0.384. The Morgan fingerprint density at radius 2 is 2.10 bits per heavy atom. The summed E-state index contributed by atoms with van der Waals surface area (Å²) in [7, 11) is 1.62. The molecule has 0 spiro atoms. The Balaban J connectivity index is 2.24. The van der Waals surface area contributed by atoms with E-state index in [1.165, 1.54) is 18.2 Å². The number of rotatable bonds is 5. The molecule has 2 rings (SSSR count). The van der Waals surface area contributed by atoms with E-state index in [2.05, 4.69) is 5.32 Å². The molecule has 0 bridgehead atoms. The lowest BCUT2D eigenvalue weighted by Crippen LogP contribution is -2.04. The minimum atomic E-state index is -0.446. The van der Waals surface area contributed by atoms with Crippen LogP contribution in [0.1, 0.15) is 11.1 Å². The second-order valence-electron chi connectivity index (χ2n) is 4.52. The summed E-state index contributed by atoms with van der Waals surface area (Å²) in [6.07, 6.45) is 0. The Hall–Kier alpha value is -2.63. The van der Waals surface area contributed by atoms with E-state index in [0.29, 0.717) is 22.6 Å². The van der Waals surface area contributed by atoms with Crippen molar-refractivity contribution in [2.45, 2.75) is 13.5 Å². The van der Waals surface area contributed by atoms with Crippen molar-refractivity contribution in [2.75, 3.05) is 12.4 Å². The van der Waals surface area contributed by atoms with E-state index in [4.69, 9.17) is 4.74 Å². The maximum Gasteiger partial charge on any atom is 0.292 e. The van der Waals surface area contributed by atoms with Crippen molar-refractivity contribution >= 4 is 11.4 Å². The Bertz CT molecular complexity index is 674. The first-order chi connectivity index (χ1) is 10.0. The van der Waals surface area contributed by atoms with Crippen molar-refractivity contribution in [1.82, 2.24) is 0 Å². The lowest BCUT2D eigenvalue weighted by atomic mass is 10.1. The summed E-state index contributed by atoms with van der Waals surface area (Å²) < 4.78 is 18.7. The van der Waals surface area contributed by atoms with Gasteiger partial charge in [0.25, 0.3) is 5.69 Å². The molecule has 6 heteroatoms. The molecule has 0 aromatic heterocycles. The molecule has 0 aliphatic heterocycles. The number of anilines is 1. The zero-order chi connectivity index (χ0) is 15.4. The third-order valence-corrected chi connectivity index (χ3v) is 3.10. The molecule has 21 heavy (non-hydrogen) atoms. The molecule has 0 aliphatic carbocycles. The molecule has 0 amide bonds. The first kappa shape index (κ1) is 14.8. The number of hydrogen-bond donors (Lipinski definition) is 1. The van der Waals surface area contributed by atoms with Gasteiger partial charge in [0.2, 0.25) is 0 Å². The second-order valence-corrected chi connectivity index (χ2v) is 4.52. The Morgan fingerprint density at radius 3 is 2.71 bits per heavy atom. The summed E-state index contributed by atoms with van der Waals surface area (Å²) >= 11 is 0. The summed E-state index contributed by atoms with van der Waals surface area (Å²) in [6, 6.07) is 9.02. The molecule has 1 N–H and O–H groups in total. The summed E-state index contributed by atoms with van der Waals surface area (Å²) in [5, 5.41) is 13.8. The molecule has 0 radical (unpaired) electrons. The number of ether oxygens (including phenoxy) is 1. The zero-order valence-electron chi connectivity index (χ0n) is 11.7. The highest BCUT2D eigenvalue weighted by atomic mass is 19.1. The van der Waals surface area contributed by atoms with Crippen LogP contribution in [0.3, 0.4) is 0 Å². The largest absolute Gasteiger partial charge is 0.489 e. The number of nitro groups is 1. The van der Waals surface area contributed by atoms with Crippen LogP contribution in [0.4, 0.5) is 15.8 Å². The minimum absolute atomic E-state index is 0.00516. The number of nitrogens with one attached hydrogen (secondary N) is 1. The number of nitro benzene ring substituents is 1. The van der Waals surface area contributed by atoms with Gasteiger partial charge in [-0.05, 0) is 30.7 Å². The van der Waals surface area contributed by atoms with E-state index in [0.717, 1.165) is 0 Å². The number of nitrogens with zero attached hydrogens (tertiary/aromatic N) is 1. The first-order valence-corrected chi connectivity index (χ1v) is 6.36. The van der Waals surface area contributed by atoms with E-state index in [9.17, 15) is 14.5 Å². The highest BCUT2D eigenvalue weighted by Crippen LogP contribution is 2.29. The van der Waals surface area contributed by atoms with Gasteiger partial charge in [-0.3, -0.25) is 10.1 Å². The second kappa shape index (κ2) is 6.21. The van der Waals surface area contributed by atoms with Crippen LogP contribution in [-0.2, 0) is 6.61 Å². The Morgan fingerprint density at radius 1 is 1.33 bits per heavy atom. The lowest BCUT2D eigenvalue weighted by Gasteiger charge is -2.12. The van der Waals surface area contributed by atoms with Gasteiger partial charge in [-0.2, -0.15) is 0 Å². The number of benzene rings is 2. The van der Waals surface area contributed by atoms with E-state index < -0.39 is 4.92 Å². The van der Waals surface area contributed by atoms with Gasteiger partial charge in [-0.15, -0.1) is 0 Å². The smallest absolute Gasteiger partial charge is 0.292 e. The van der Waals surface area contributed by atoms with E-state index in [1.807, 2.05) is 0 Å². The number of aryl methyl sites for hydroxylation is 1. The van der Waals surface area contributed by atoms with Crippen molar-refractivity contribution in [3.8, 4) is 5.75 Å². The maximum atomic E-state index is 13.0. The first-order valence-electron chi connectivity index (χ1n) is 6.36. The van der Waals surface area contributed by atoms with Crippen LogP contribution in [0, 0.1) is 22.9 Å². The predicted octanol–water partition coefficient (Wildman–Crippen LogP) is 3.66. The molecule has 110 valence electrons. The molecule has 0 saturated carbocycles. The monoisotopic (exact) mass is 290 g/mol. The third-order valence-electron chi connectivity index (χ3n) is 3.10. The predicted molar refractivity (Wildman–Crippen MR) is 78.1 cm³/mol. The van der Waals surface area contributed by atoms with Crippen LogP contribution in [0.15, 0.2) is 36.4 Å². The van der Waals surface area contributed by atoms with Gasteiger partial charge in [0.05, 0.1) is 4.92 Å². The standard InChI is InChI=1S/C15H15FN2O3/c1-10-8-12(16)6-7-14(10)21-9-11-4-3-5-13(18(19)20)15(11)17-2/h3-8,17H,9H2,1-2H3. The minimum Gasteiger partial charge on any atom is -0.489 e. The van der Waals surface area contributed by atoms with Crippen molar-refractivity contribution in [1.29, 1.82) is 0 Å². The fourth-order valence-corrected chi connectivity index (χ4v) is 2.08. The summed E-state index contributed by atoms with van der Waals surface area (Å²) in [6.45, 7) is 1.90. The maximum absolute atomic E-state index is 13.0. The molecular formula is C15H15FN2O3. The van der Waals surface area contributed by atoms with Crippen molar-refractivity contribution in [2.24, 2.45) is 0 Å². The van der Waals surface area contributed by atoms with Crippen molar-refractivity contribution in [3.05, 3.63) is 63.5 Å².